The van der Waals surface area contributed by atoms with E-state index < -0.39 is 0 Å². The van der Waals surface area contributed by atoms with E-state index >= 15 is 0 Å². The number of carbonyl (C=O) groups excluding carboxylic acids is 1. The number of hydrogen-bond acceptors (Lipinski definition) is 4. The van der Waals surface area contributed by atoms with Crippen molar-refractivity contribution in [1.82, 2.24) is 9.80 Å². The minimum atomic E-state index is -0.230. The van der Waals surface area contributed by atoms with Crippen molar-refractivity contribution < 1.29 is 9.53 Å². The van der Waals surface area contributed by atoms with Crippen LogP contribution in [0.2, 0.25) is 0 Å². The summed E-state index contributed by atoms with van der Waals surface area (Å²) < 4.78 is 5.49. The third-order valence-corrected chi connectivity index (χ3v) is 4.05. The highest BCUT2D eigenvalue weighted by Crippen LogP contribution is 2.27. The monoisotopic (exact) mass is 240 g/mol. The molecule has 2 heterocycles. The van der Waals surface area contributed by atoms with Crippen molar-refractivity contribution in [3.05, 3.63) is 0 Å². The third-order valence-electron chi connectivity index (χ3n) is 4.05. The quantitative estimate of drug-likeness (QED) is 0.674. The first-order valence-corrected chi connectivity index (χ1v) is 6.77. The summed E-state index contributed by atoms with van der Waals surface area (Å²) >= 11 is 0. The second-order valence-electron chi connectivity index (χ2n) is 5.35. The van der Waals surface area contributed by atoms with Crippen LogP contribution in [-0.4, -0.2) is 68.6 Å². The van der Waals surface area contributed by atoms with Gasteiger partial charge in [0.05, 0.1) is 12.0 Å². The molecule has 0 radical (unpaired) electrons. The van der Waals surface area contributed by atoms with Crippen molar-refractivity contribution in [3.8, 4) is 0 Å². The SMILES string of the molecule is CCN1CCN(CC2(C=O)CCCOC2)CC1. The van der Waals surface area contributed by atoms with E-state index in [-0.39, 0.29) is 5.41 Å². The van der Waals surface area contributed by atoms with Crippen LogP contribution in [0.1, 0.15) is 19.8 Å². The number of rotatable bonds is 4. The summed E-state index contributed by atoms with van der Waals surface area (Å²) in [6.45, 7) is 10.1. The van der Waals surface area contributed by atoms with E-state index in [0.29, 0.717) is 6.61 Å². The van der Waals surface area contributed by atoms with Crippen LogP contribution in [-0.2, 0) is 9.53 Å². The van der Waals surface area contributed by atoms with Crippen molar-refractivity contribution in [2.75, 3.05) is 52.5 Å². The standard InChI is InChI=1S/C13H24N2O2/c1-2-14-5-7-15(8-6-14)10-13(11-16)4-3-9-17-12-13/h11H,2-10,12H2,1H3. The average molecular weight is 240 g/mol. The minimum Gasteiger partial charge on any atom is -0.380 e. The van der Waals surface area contributed by atoms with Crippen molar-refractivity contribution >= 4 is 6.29 Å². The van der Waals surface area contributed by atoms with Gasteiger partial charge in [0.2, 0.25) is 0 Å². The molecule has 0 aromatic heterocycles. The van der Waals surface area contributed by atoms with Gasteiger partial charge in [-0.25, -0.2) is 0 Å². The van der Waals surface area contributed by atoms with E-state index in [9.17, 15) is 4.79 Å². The number of carbonyl (C=O) groups is 1. The van der Waals surface area contributed by atoms with Crippen LogP contribution in [0, 0.1) is 5.41 Å². The Kier molecular flexibility index (Phi) is 4.54. The van der Waals surface area contributed by atoms with E-state index in [4.69, 9.17) is 4.74 Å². The number of piperazine rings is 1. The first-order valence-electron chi connectivity index (χ1n) is 6.77. The van der Waals surface area contributed by atoms with Gasteiger partial charge >= 0.3 is 0 Å². The lowest BCUT2D eigenvalue weighted by Gasteiger charge is -2.40. The predicted molar refractivity (Wildman–Crippen MR) is 67.1 cm³/mol. The fourth-order valence-corrected chi connectivity index (χ4v) is 2.84. The zero-order valence-electron chi connectivity index (χ0n) is 10.9. The van der Waals surface area contributed by atoms with Crippen molar-refractivity contribution in [2.24, 2.45) is 5.41 Å². The van der Waals surface area contributed by atoms with Gasteiger partial charge in [-0.3, -0.25) is 4.90 Å². The Morgan fingerprint density at radius 1 is 1.24 bits per heavy atom. The van der Waals surface area contributed by atoms with Gasteiger partial charge in [-0.15, -0.1) is 0 Å². The molecule has 2 fully saturated rings. The largest absolute Gasteiger partial charge is 0.380 e. The van der Waals surface area contributed by atoms with Crippen LogP contribution in [0.5, 0.6) is 0 Å². The van der Waals surface area contributed by atoms with E-state index in [0.717, 1.165) is 65.0 Å². The second kappa shape index (κ2) is 5.94. The molecule has 0 aromatic rings. The average Bonchev–Trinajstić information content (AvgIpc) is 2.41. The van der Waals surface area contributed by atoms with Crippen LogP contribution < -0.4 is 0 Å². The van der Waals surface area contributed by atoms with Gasteiger partial charge in [-0.2, -0.15) is 0 Å². The molecule has 2 saturated heterocycles. The van der Waals surface area contributed by atoms with Gasteiger partial charge in [0.25, 0.3) is 0 Å². The molecule has 2 aliphatic heterocycles. The first kappa shape index (κ1) is 13.0. The summed E-state index contributed by atoms with van der Waals surface area (Å²) in [6.07, 6.45) is 3.15. The summed E-state index contributed by atoms with van der Waals surface area (Å²) in [5, 5.41) is 0. The maximum absolute atomic E-state index is 11.4. The maximum atomic E-state index is 11.4. The molecule has 98 valence electrons. The predicted octanol–water partition coefficient (Wildman–Crippen LogP) is 0.620. The van der Waals surface area contributed by atoms with Gasteiger partial charge < -0.3 is 14.4 Å². The summed E-state index contributed by atoms with van der Waals surface area (Å²) in [4.78, 5) is 16.2. The molecule has 0 aliphatic carbocycles. The Labute approximate surface area is 104 Å². The van der Waals surface area contributed by atoms with E-state index in [1.807, 2.05) is 0 Å². The van der Waals surface area contributed by atoms with Crippen LogP contribution in [0.25, 0.3) is 0 Å². The van der Waals surface area contributed by atoms with Gasteiger partial charge in [0.1, 0.15) is 6.29 Å². The zero-order chi connectivity index (χ0) is 12.1. The molecule has 0 bridgehead atoms. The Morgan fingerprint density at radius 2 is 1.94 bits per heavy atom. The number of likely N-dealkylation sites (N-methyl/N-ethyl adjacent to an activating group) is 1. The molecule has 1 atom stereocenters. The van der Waals surface area contributed by atoms with Gasteiger partial charge in [-0.1, -0.05) is 6.92 Å². The Morgan fingerprint density at radius 3 is 2.47 bits per heavy atom. The highest BCUT2D eigenvalue weighted by molar-refractivity contribution is 5.60. The normalized spacial score (nSPS) is 32.5. The zero-order valence-corrected chi connectivity index (χ0v) is 10.9. The molecule has 2 aliphatic rings. The molecule has 0 spiro atoms. The number of hydrogen-bond donors (Lipinski definition) is 0. The lowest BCUT2D eigenvalue weighted by atomic mass is 9.83. The van der Waals surface area contributed by atoms with Gasteiger partial charge in [-0.05, 0) is 19.4 Å². The fourth-order valence-electron chi connectivity index (χ4n) is 2.84. The Bertz CT molecular complexity index is 244. The number of aldehydes is 1. The van der Waals surface area contributed by atoms with Crippen molar-refractivity contribution in [1.29, 1.82) is 0 Å². The summed E-state index contributed by atoms with van der Waals surface area (Å²) in [5.74, 6) is 0. The molecule has 17 heavy (non-hydrogen) atoms. The second-order valence-corrected chi connectivity index (χ2v) is 5.35. The van der Waals surface area contributed by atoms with Gasteiger partial charge in [0, 0.05) is 39.3 Å². The lowest BCUT2D eigenvalue weighted by Crippen LogP contribution is -2.51. The number of ether oxygens (including phenoxy) is 1. The lowest BCUT2D eigenvalue weighted by molar-refractivity contribution is -0.126. The number of nitrogens with zero attached hydrogens (tertiary/aromatic N) is 2. The van der Waals surface area contributed by atoms with Crippen LogP contribution in [0.15, 0.2) is 0 Å². The summed E-state index contributed by atoms with van der Waals surface area (Å²) in [5.41, 5.74) is -0.230. The summed E-state index contributed by atoms with van der Waals surface area (Å²) in [6, 6.07) is 0. The first-order chi connectivity index (χ1) is 8.28. The summed E-state index contributed by atoms with van der Waals surface area (Å²) in [7, 11) is 0. The molecule has 0 saturated carbocycles. The molecule has 1 unspecified atom stereocenters. The molecule has 0 aromatic carbocycles. The van der Waals surface area contributed by atoms with Gasteiger partial charge in [0.15, 0.2) is 0 Å². The molecule has 2 rings (SSSR count). The van der Waals surface area contributed by atoms with E-state index in [1.165, 1.54) is 0 Å². The van der Waals surface area contributed by atoms with Crippen LogP contribution in [0.3, 0.4) is 0 Å². The van der Waals surface area contributed by atoms with Crippen molar-refractivity contribution in [2.45, 2.75) is 19.8 Å². The topological polar surface area (TPSA) is 32.8 Å². The molecular formula is C13H24N2O2. The maximum Gasteiger partial charge on any atom is 0.129 e. The van der Waals surface area contributed by atoms with E-state index in [2.05, 4.69) is 16.7 Å². The Balaban J connectivity index is 1.84. The smallest absolute Gasteiger partial charge is 0.129 e. The fraction of sp³-hybridized carbons (Fsp3) is 0.923. The van der Waals surface area contributed by atoms with Crippen molar-refractivity contribution in [3.63, 3.8) is 0 Å². The molecule has 4 heteroatoms. The molecule has 0 N–H and O–H groups in total. The molecule has 4 nitrogen and oxygen atoms in total. The highest BCUT2D eigenvalue weighted by Gasteiger charge is 2.35. The van der Waals surface area contributed by atoms with Crippen LogP contribution in [0.4, 0.5) is 0 Å². The Hall–Kier alpha value is -0.450. The third kappa shape index (κ3) is 3.27. The highest BCUT2D eigenvalue weighted by atomic mass is 16.5. The van der Waals surface area contributed by atoms with E-state index in [1.54, 1.807) is 0 Å². The minimum absolute atomic E-state index is 0.230. The van der Waals surface area contributed by atoms with Crippen LogP contribution >= 0.6 is 0 Å². The molecular weight excluding hydrogens is 216 g/mol. The molecule has 0 amide bonds.